The number of carbonyl (C=O) groups is 2. The van der Waals surface area contributed by atoms with Crippen LogP contribution in [0.2, 0.25) is 0 Å². The van der Waals surface area contributed by atoms with Crippen molar-refractivity contribution in [3.8, 4) is 0 Å². The van der Waals surface area contributed by atoms with Crippen LogP contribution in [0.1, 0.15) is 41.0 Å². The van der Waals surface area contributed by atoms with Crippen molar-refractivity contribution in [3.05, 3.63) is 35.4 Å². The van der Waals surface area contributed by atoms with Crippen LogP contribution in [0.3, 0.4) is 0 Å². The minimum atomic E-state index is -0.508. The number of aliphatic hydroxyl groups excluding tert-OH is 1. The number of rotatable bonds is 7. The topological polar surface area (TPSA) is 84.9 Å². The largest absolute Gasteiger partial charge is 0.462 e. The number of halogens is 1. The Balaban J connectivity index is 0. The first-order valence-electron chi connectivity index (χ1n) is 6.99. The molecule has 0 saturated carbocycles. The fourth-order valence-electron chi connectivity index (χ4n) is 1.40. The summed E-state index contributed by atoms with van der Waals surface area (Å²) in [4.78, 5) is 25.5. The summed E-state index contributed by atoms with van der Waals surface area (Å²) in [6, 6.07) is 6.44. The van der Waals surface area contributed by atoms with Crippen LogP contribution in [-0.2, 0) is 30.5 Å². The molecule has 0 bridgehead atoms. The van der Waals surface area contributed by atoms with Gasteiger partial charge in [0.15, 0.2) is 0 Å². The molecule has 1 rings (SSSR count). The first-order chi connectivity index (χ1) is 10.6. The first kappa shape index (κ1) is 24.3. The zero-order chi connectivity index (χ0) is 16.8. The van der Waals surface area contributed by atoms with E-state index in [0.29, 0.717) is 6.54 Å². The standard InChI is InChI=1S/C12H14O4.C3H8ClNO.Pt/c1-3-15-11(13)9-7-5-6-8-10(9)12(14)16-4-2;4-5-2-1-3-6;/h5-8H,3-4H2,1-2H3;5-6H,1-3H2;. The average molecular weight is 527 g/mol. The second kappa shape index (κ2) is 15.9. The molecule has 0 atom stereocenters. The normalized spacial score (nSPS) is 9.04. The van der Waals surface area contributed by atoms with E-state index in [1.54, 1.807) is 38.1 Å². The summed E-state index contributed by atoms with van der Waals surface area (Å²) in [5.74, 6) is -1.02. The molecule has 0 aromatic heterocycles. The Bertz CT molecular complexity index is 418. The minimum absolute atomic E-state index is 0. The predicted molar refractivity (Wildman–Crippen MR) is 83.9 cm³/mol. The van der Waals surface area contributed by atoms with Crippen molar-refractivity contribution in [2.75, 3.05) is 26.4 Å². The van der Waals surface area contributed by atoms with Crippen LogP contribution in [0.25, 0.3) is 0 Å². The van der Waals surface area contributed by atoms with E-state index in [-0.39, 0.29) is 52.0 Å². The molecular weight excluding hydrogens is 505 g/mol. The van der Waals surface area contributed by atoms with Crippen LogP contribution in [0.5, 0.6) is 0 Å². The second-order valence-electron chi connectivity index (χ2n) is 3.95. The molecule has 6 nitrogen and oxygen atoms in total. The molecule has 0 amide bonds. The number of hydrogen-bond donors (Lipinski definition) is 2. The van der Waals surface area contributed by atoms with Crippen molar-refractivity contribution in [2.45, 2.75) is 20.3 Å². The van der Waals surface area contributed by atoms with Gasteiger partial charge in [-0.3, -0.25) is 0 Å². The van der Waals surface area contributed by atoms with Crippen molar-refractivity contribution in [1.82, 2.24) is 4.84 Å². The molecule has 2 N–H and O–H groups in total. The molecule has 0 saturated heterocycles. The third-order valence-electron chi connectivity index (χ3n) is 2.35. The van der Waals surface area contributed by atoms with Crippen LogP contribution in [0.4, 0.5) is 0 Å². The summed E-state index contributed by atoms with van der Waals surface area (Å²) < 4.78 is 9.70. The SMILES string of the molecule is CCOC(=O)c1ccccc1C(=O)OCC.OCCCNCl.[Pt]. The first-order valence-corrected chi connectivity index (χ1v) is 7.37. The number of hydrogen-bond acceptors (Lipinski definition) is 6. The monoisotopic (exact) mass is 526 g/mol. The van der Waals surface area contributed by atoms with Crippen molar-refractivity contribution in [2.24, 2.45) is 0 Å². The minimum Gasteiger partial charge on any atom is -0.462 e. The number of carbonyl (C=O) groups excluding carboxylic acids is 2. The molecule has 0 radical (unpaired) electrons. The van der Waals surface area contributed by atoms with Crippen molar-refractivity contribution in [3.63, 3.8) is 0 Å². The quantitative estimate of drug-likeness (QED) is 0.322. The van der Waals surface area contributed by atoms with Gasteiger partial charge in [-0.15, -0.1) is 0 Å². The summed E-state index contributed by atoms with van der Waals surface area (Å²) in [7, 11) is 0. The van der Waals surface area contributed by atoms with Gasteiger partial charge in [0, 0.05) is 34.2 Å². The fraction of sp³-hybridized carbons (Fsp3) is 0.467. The molecule has 0 heterocycles. The Kier molecular flexibility index (Phi) is 16.8. The van der Waals surface area contributed by atoms with Crippen molar-refractivity contribution >= 4 is 23.7 Å². The third-order valence-corrected chi connectivity index (χ3v) is 2.54. The summed E-state index contributed by atoms with van der Waals surface area (Å²) in [6.45, 7) is 4.86. The summed E-state index contributed by atoms with van der Waals surface area (Å²) in [6.07, 6.45) is 0.726. The van der Waals surface area contributed by atoms with Gasteiger partial charge >= 0.3 is 11.9 Å². The number of benzene rings is 1. The Morgan fingerprint density at radius 1 is 1.09 bits per heavy atom. The number of esters is 2. The molecule has 0 aliphatic heterocycles. The molecule has 1 aromatic carbocycles. The summed E-state index contributed by atoms with van der Waals surface area (Å²) >= 11 is 5.02. The zero-order valence-corrected chi connectivity index (χ0v) is 16.1. The third kappa shape index (κ3) is 10.4. The molecule has 134 valence electrons. The van der Waals surface area contributed by atoms with Crippen LogP contribution in [0.15, 0.2) is 24.3 Å². The van der Waals surface area contributed by atoms with Crippen LogP contribution in [0, 0.1) is 0 Å². The zero-order valence-electron chi connectivity index (χ0n) is 13.1. The van der Waals surface area contributed by atoms with Gasteiger partial charge < -0.3 is 14.6 Å². The molecule has 0 aliphatic carbocycles. The van der Waals surface area contributed by atoms with Gasteiger partial charge in [0.2, 0.25) is 0 Å². The average Bonchev–Trinajstić information content (AvgIpc) is 2.54. The van der Waals surface area contributed by atoms with Gasteiger partial charge in [-0.05, 0) is 44.2 Å². The van der Waals surface area contributed by atoms with E-state index in [1.807, 2.05) is 0 Å². The number of nitrogens with one attached hydrogen (secondary N) is 1. The van der Waals surface area contributed by atoms with Gasteiger partial charge in [0.1, 0.15) is 0 Å². The molecule has 0 fully saturated rings. The second-order valence-corrected chi connectivity index (χ2v) is 4.21. The van der Waals surface area contributed by atoms with Crippen LogP contribution >= 0.6 is 11.8 Å². The van der Waals surface area contributed by atoms with E-state index in [0.717, 1.165) is 6.42 Å². The Hall–Kier alpha value is -0.942. The van der Waals surface area contributed by atoms with Crippen LogP contribution in [-0.4, -0.2) is 43.4 Å². The van der Waals surface area contributed by atoms with Gasteiger partial charge in [-0.1, -0.05) is 12.1 Å². The van der Waals surface area contributed by atoms with Gasteiger partial charge in [0.05, 0.1) is 24.3 Å². The van der Waals surface area contributed by atoms with Crippen molar-refractivity contribution < 1.29 is 45.2 Å². The molecule has 23 heavy (non-hydrogen) atoms. The van der Waals surface area contributed by atoms with Crippen molar-refractivity contribution in [1.29, 1.82) is 0 Å². The molecule has 0 aliphatic rings. The van der Waals surface area contributed by atoms with E-state index in [9.17, 15) is 9.59 Å². The van der Waals surface area contributed by atoms with E-state index < -0.39 is 11.9 Å². The molecule has 0 spiro atoms. The maximum Gasteiger partial charge on any atom is 0.338 e. The van der Waals surface area contributed by atoms with Gasteiger partial charge in [0.25, 0.3) is 0 Å². The molecule has 8 heteroatoms. The Morgan fingerprint density at radius 2 is 1.52 bits per heavy atom. The Morgan fingerprint density at radius 3 is 1.78 bits per heavy atom. The van der Waals surface area contributed by atoms with Crippen LogP contribution < -0.4 is 4.84 Å². The fourth-order valence-corrected chi connectivity index (χ4v) is 1.54. The smallest absolute Gasteiger partial charge is 0.338 e. The summed E-state index contributed by atoms with van der Waals surface area (Å²) in [5, 5.41) is 8.10. The van der Waals surface area contributed by atoms with Gasteiger partial charge in [-0.25, -0.2) is 14.4 Å². The maximum absolute atomic E-state index is 11.5. The molecule has 1 aromatic rings. The predicted octanol–water partition coefficient (Wildman–Crippen LogP) is 2.15. The Labute approximate surface area is 155 Å². The number of aliphatic hydroxyl groups is 1. The van der Waals surface area contributed by atoms with E-state index in [1.165, 1.54) is 0 Å². The van der Waals surface area contributed by atoms with E-state index >= 15 is 0 Å². The molecule has 0 unspecified atom stereocenters. The number of ether oxygens (including phenoxy) is 2. The summed E-state index contributed by atoms with van der Waals surface area (Å²) in [5.41, 5.74) is 0.477. The maximum atomic E-state index is 11.5. The molecular formula is C15H22ClNO5Pt. The van der Waals surface area contributed by atoms with E-state index in [4.69, 9.17) is 26.4 Å². The van der Waals surface area contributed by atoms with Gasteiger partial charge in [-0.2, -0.15) is 0 Å². The van der Waals surface area contributed by atoms with E-state index in [2.05, 4.69) is 4.84 Å².